The van der Waals surface area contributed by atoms with Crippen molar-refractivity contribution in [3.05, 3.63) is 175 Å². The zero-order chi connectivity index (χ0) is 38.6. The molecule has 0 aliphatic heterocycles. The summed E-state index contributed by atoms with van der Waals surface area (Å²) in [5.74, 6) is 0. The van der Waals surface area contributed by atoms with Crippen molar-refractivity contribution in [1.29, 1.82) is 0 Å². The van der Waals surface area contributed by atoms with E-state index in [1.165, 1.54) is 44.6 Å². The number of rotatable bonds is 0. The molecule has 0 atom stereocenters. The van der Waals surface area contributed by atoms with Gasteiger partial charge in [0.2, 0.25) is 0 Å². The molecular formula is C45H42N10. The highest BCUT2D eigenvalue weighted by Crippen LogP contribution is 2.17. The van der Waals surface area contributed by atoms with Gasteiger partial charge in [-0.15, -0.1) is 0 Å². The monoisotopic (exact) mass is 722 g/mol. The lowest BCUT2D eigenvalue weighted by Gasteiger charge is -1.98. The molecule has 272 valence electrons. The summed E-state index contributed by atoms with van der Waals surface area (Å²) in [5, 5.41) is 5.10. The van der Waals surface area contributed by atoms with Crippen LogP contribution in [0.1, 0.15) is 28.1 Å². The van der Waals surface area contributed by atoms with Crippen molar-refractivity contribution in [2.24, 2.45) is 7.05 Å². The highest BCUT2D eigenvalue weighted by atomic mass is 15.1. The average molecular weight is 723 g/mol. The van der Waals surface area contributed by atoms with E-state index in [4.69, 9.17) is 0 Å². The highest BCUT2D eigenvalue weighted by molar-refractivity contribution is 5.85. The van der Waals surface area contributed by atoms with Crippen LogP contribution in [0.2, 0.25) is 0 Å². The second-order valence-electron chi connectivity index (χ2n) is 12.8. The van der Waals surface area contributed by atoms with Gasteiger partial charge in [-0.1, -0.05) is 84.9 Å². The van der Waals surface area contributed by atoms with E-state index in [-0.39, 0.29) is 0 Å². The predicted molar refractivity (Wildman–Crippen MR) is 223 cm³/mol. The first-order chi connectivity index (χ1) is 26.8. The maximum absolute atomic E-state index is 4.28. The summed E-state index contributed by atoms with van der Waals surface area (Å²) in [5.41, 5.74) is 11.0. The van der Waals surface area contributed by atoms with Crippen LogP contribution in [0.4, 0.5) is 0 Å². The smallest absolute Gasteiger partial charge is 0.181 e. The Hall–Kier alpha value is -7.07. The van der Waals surface area contributed by atoms with E-state index in [1.54, 1.807) is 25.0 Å². The van der Waals surface area contributed by atoms with E-state index < -0.39 is 0 Å². The van der Waals surface area contributed by atoms with Gasteiger partial charge in [0.05, 0.1) is 28.7 Å². The quantitative estimate of drug-likeness (QED) is 0.151. The number of hydrogen-bond donors (Lipinski definition) is 0. The molecule has 10 nitrogen and oxygen atoms in total. The molecule has 4 aromatic carbocycles. The predicted octanol–water partition coefficient (Wildman–Crippen LogP) is 9.63. The molecule has 0 saturated heterocycles. The Balaban J connectivity index is 0.000000117. The summed E-state index contributed by atoms with van der Waals surface area (Å²) in [7, 11) is 1.92. The number of fused-ring (bicyclic) bond motifs is 5. The minimum atomic E-state index is 0.653. The average Bonchev–Trinajstić information content (AvgIpc) is 3.61. The van der Waals surface area contributed by atoms with Crippen LogP contribution in [0.25, 0.3) is 54.9 Å². The maximum Gasteiger partial charge on any atom is 0.181 e. The van der Waals surface area contributed by atoms with E-state index in [0.29, 0.717) is 5.65 Å². The van der Waals surface area contributed by atoms with Gasteiger partial charge in [0.25, 0.3) is 0 Å². The Kier molecular flexibility index (Phi) is 12.4. The molecule has 0 aliphatic rings. The second kappa shape index (κ2) is 18.1. The van der Waals surface area contributed by atoms with Gasteiger partial charge in [-0.25, -0.2) is 34.9 Å². The normalized spacial score (nSPS) is 10.4. The zero-order valence-corrected chi connectivity index (χ0v) is 31.8. The zero-order valence-electron chi connectivity index (χ0n) is 31.8. The van der Waals surface area contributed by atoms with Gasteiger partial charge < -0.3 is 4.57 Å². The highest BCUT2D eigenvalue weighted by Gasteiger charge is 2.03. The van der Waals surface area contributed by atoms with Crippen LogP contribution in [0.5, 0.6) is 0 Å². The van der Waals surface area contributed by atoms with Crippen LogP contribution in [0, 0.1) is 34.6 Å². The molecule has 10 rings (SSSR count). The number of imidazole rings is 1. The van der Waals surface area contributed by atoms with Crippen molar-refractivity contribution in [3.63, 3.8) is 0 Å². The number of aryl methyl sites for hydroxylation is 6. The van der Waals surface area contributed by atoms with Gasteiger partial charge in [-0.05, 0) is 80.3 Å². The third-order valence-corrected chi connectivity index (χ3v) is 8.74. The fourth-order valence-electron chi connectivity index (χ4n) is 5.79. The molecule has 0 unspecified atom stereocenters. The minimum absolute atomic E-state index is 0.653. The molecule has 0 bridgehead atoms. The molecule has 0 spiro atoms. The fraction of sp³-hybridized carbons (Fsp3) is 0.133. The molecule has 0 aliphatic carbocycles. The van der Waals surface area contributed by atoms with Crippen LogP contribution in [0.3, 0.4) is 0 Å². The van der Waals surface area contributed by atoms with Crippen molar-refractivity contribution < 1.29 is 0 Å². The first-order valence-electron chi connectivity index (χ1n) is 17.8. The molecule has 0 saturated carbocycles. The summed E-state index contributed by atoms with van der Waals surface area (Å²) in [6.45, 7) is 10.1. The van der Waals surface area contributed by atoms with Gasteiger partial charge in [-0.3, -0.25) is 9.97 Å². The number of pyridine rings is 2. The Morgan fingerprint density at radius 3 is 1.84 bits per heavy atom. The largest absolute Gasteiger partial charge is 0.318 e. The summed E-state index contributed by atoms with van der Waals surface area (Å²) >= 11 is 0. The molecule has 0 amide bonds. The fourth-order valence-corrected chi connectivity index (χ4v) is 5.79. The second-order valence-corrected chi connectivity index (χ2v) is 12.8. The lowest BCUT2D eigenvalue weighted by molar-refractivity contribution is 0.927. The molecule has 0 radical (unpaired) electrons. The number of para-hydroxylation sites is 1. The Labute approximate surface area is 320 Å². The third-order valence-electron chi connectivity index (χ3n) is 8.74. The van der Waals surface area contributed by atoms with E-state index in [0.717, 1.165) is 39.1 Å². The van der Waals surface area contributed by atoms with Gasteiger partial charge >= 0.3 is 0 Å². The Morgan fingerprint density at radius 2 is 1.07 bits per heavy atom. The Morgan fingerprint density at radius 1 is 0.436 bits per heavy atom. The third kappa shape index (κ3) is 9.68. The first kappa shape index (κ1) is 37.7. The molecule has 6 aromatic heterocycles. The van der Waals surface area contributed by atoms with Crippen molar-refractivity contribution in [2.75, 3.05) is 0 Å². The van der Waals surface area contributed by atoms with Crippen LogP contribution in [-0.2, 0) is 7.05 Å². The summed E-state index contributed by atoms with van der Waals surface area (Å²) in [6, 6.07) is 35.4. The van der Waals surface area contributed by atoms with Crippen LogP contribution < -0.4 is 0 Å². The van der Waals surface area contributed by atoms with E-state index in [2.05, 4.69) is 157 Å². The molecule has 0 fully saturated rings. The van der Waals surface area contributed by atoms with Crippen LogP contribution in [-0.4, -0.2) is 49.4 Å². The van der Waals surface area contributed by atoms with Crippen molar-refractivity contribution in [1.82, 2.24) is 49.4 Å². The molecule has 6 heterocycles. The topological polar surface area (TPSA) is 121 Å². The number of hydrogen-bond acceptors (Lipinski definition) is 9. The van der Waals surface area contributed by atoms with E-state index in [9.17, 15) is 0 Å². The summed E-state index contributed by atoms with van der Waals surface area (Å²) in [4.78, 5) is 36.9. The van der Waals surface area contributed by atoms with Crippen molar-refractivity contribution >= 4 is 54.9 Å². The van der Waals surface area contributed by atoms with Gasteiger partial charge in [0.1, 0.15) is 23.7 Å². The first-order valence-corrected chi connectivity index (χ1v) is 17.8. The number of nitrogens with zero attached hydrogens (tertiary/aromatic N) is 10. The lowest BCUT2D eigenvalue weighted by Crippen LogP contribution is -1.91. The van der Waals surface area contributed by atoms with Crippen LogP contribution in [0.15, 0.2) is 147 Å². The van der Waals surface area contributed by atoms with Crippen molar-refractivity contribution in [3.8, 4) is 0 Å². The van der Waals surface area contributed by atoms with Gasteiger partial charge in [0.15, 0.2) is 11.3 Å². The van der Waals surface area contributed by atoms with Crippen molar-refractivity contribution in [2.45, 2.75) is 34.6 Å². The Bertz CT molecular complexity index is 2600. The van der Waals surface area contributed by atoms with Gasteiger partial charge in [-0.2, -0.15) is 0 Å². The SMILES string of the molecule is Cc1ccc2cccnc2c1.Cc1cccc2ccccc12.Cc1cccc2cccnc12.Cc1ncnc2c1ncn2C.Cc1ncnc2nccnc12. The molecule has 55 heavy (non-hydrogen) atoms. The lowest BCUT2D eigenvalue weighted by atomic mass is 10.1. The van der Waals surface area contributed by atoms with Crippen LogP contribution >= 0.6 is 0 Å². The van der Waals surface area contributed by atoms with E-state index in [1.807, 2.05) is 50.0 Å². The summed E-state index contributed by atoms with van der Waals surface area (Å²) < 4.78 is 1.88. The molecule has 0 N–H and O–H groups in total. The minimum Gasteiger partial charge on any atom is -0.318 e. The summed E-state index contributed by atoms with van der Waals surface area (Å²) in [6.07, 6.45) is 11.7. The molecular weight excluding hydrogens is 681 g/mol. The molecule has 10 aromatic rings. The number of benzene rings is 4. The van der Waals surface area contributed by atoms with E-state index >= 15 is 0 Å². The standard InChI is InChI=1S/C11H10.2C10H9N.C7H8N4.C7H6N4/c1-9-5-4-7-10-6-2-3-8-11(9)10;1-8-4-2-5-9-6-3-7-11-10(8)9;1-8-4-5-9-3-2-6-11-10(9)7-8;1-5-6-7(9-3-8-5)11(2)4-10-6;1-5-6-7(11-4-10-5)9-3-2-8-6/h2-8H,1H3;2*2-7H,1H3;3-4H,1-2H3;2-4H,1H3. The maximum atomic E-state index is 4.28. The molecule has 10 heteroatoms. The number of aromatic nitrogens is 10. The van der Waals surface area contributed by atoms with Gasteiger partial charge in [0, 0.05) is 42.6 Å².